The van der Waals surface area contributed by atoms with Crippen LogP contribution in [0, 0.1) is 23.2 Å². The maximum atomic E-state index is 12.8. The first-order valence-corrected chi connectivity index (χ1v) is 12.6. The predicted octanol–water partition coefficient (Wildman–Crippen LogP) is 0.210. The van der Waals surface area contributed by atoms with Crippen LogP contribution in [-0.4, -0.2) is 75.0 Å². The Morgan fingerprint density at radius 3 is 2.11 bits per heavy atom. The maximum absolute atomic E-state index is 12.8. The van der Waals surface area contributed by atoms with E-state index in [0.717, 1.165) is 24.2 Å². The number of aliphatic hydroxyl groups excluding tert-OH is 4. The van der Waals surface area contributed by atoms with Gasteiger partial charge in [0, 0.05) is 6.16 Å². The standard InChI is InChI=1S/C19H34NO7P/c21-9-14-16(22)17(23)15(18(24)27-14)20-10-28(25,26)2-1-19-6-11-3-12(7-19)5-13(4-11)8-19/h11-18,20-24H,1-10H2,(H,25,26)/t11?,12?,13?,14-,15-,16+,17-,18?,19?/m1/s1. The van der Waals surface area contributed by atoms with Gasteiger partial charge in [-0.3, -0.25) is 9.88 Å². The van der Waals surface area contributed by atoms with Crippen molar-refractivity contribution in [2.75, 3.05) is 19.1 Å². The molecule has 28 heavy (non-hydrogen) atoms. The van der Waals surface area contributed by atoms with E-state index in [1.165, 1.54) is 38.5 Å². The maximum Gasteiger partial charge on any atom is 0.214 e. The van der Waals surface area contributed by atoms with Gasteiger partial charge in [-0.25, -0.2) is 0 Å². The van der Waals surface area contributed by atoms with Gasteiger partial charge in [-0.2, -0.15) is 0 Å². The Hall–Kier alpha value is -0.0500. The molecular weight excluding hydrogens is 385 g/mol. The van der Waals surface area contributed by atoms with Gasteiger partial charge in [0.2, 0.25) is 7.37 Å². The van der Waals surface area contributed by atoms with E-state index in [4.69, 9.17) is 9.84 Å². The fourth-order valence-electron chi connectivity index (χ4n) is 6.65. The van der Waals surface area contributed by atoms with Crippen LogP contribution in [-0.2, 0) is 9.30 Å². The van der Waals surface area contributed by atoms with Crippen LogP contribution in [0.15, 0.2) is 0 Å². The second kappa shape index (κ2) is 7.89. The molecule has 0 aromatic rings. The molecule has 1 heterocycles. The summed E-state index contributed by atoms with van der Waals surface area (Å²) in [6.07, 6.45) is 2.99. The number of hydrogen-bond acceptors (Lipinski definition) is 7. The van der Waals surface area contributed by atoms with Gasteiger partial charge in [-0.1, -0.05) is 0 Å². The van der Waals surface area contributed by atoms with Gasteiger partial charge in [-0.15, -0.1) is 0 Å². The molecular formula is C19H34NO7P. The smallest absolute Gasteiger partial charge is 0.214 e. The molecule has 1 aliphatic heterocycles. The van der Waals surface area contributed by atoms with E-state index in [2.05, 4.69) is 5.32 Å². The van der Waals surface area contributed by atoms with E-state index >= 15 is 0 Å². The Kier molecular flexibility index (Phi) is 5.97. The van der Waals surface area contributed by atoms with Crippen LogP contribution in [0.2, 0.25) is 0 Å². The molecule has 5 fully saturated rings. The van der Waals surface area contributed by atoms with Crippen LogP contribution < -0.4 is 5.32 Å². The minimum absolute atomic E-state index is 0.227. The summed E-state index contributed by atoms with van der Waals surface area (Å²) in [7, 11) is -3.50. The molecule has 4 saturated carbocycles. The van der Waals surface area contributed by atoms with Crippen LogP contribution in [0.4, 0.5) is 0 Å². The highest BCUT2D eigenvalue weighted by molar-refractivity contribution is 7.57. The van der Waals surface area contributed by atoms with Crippen molar-refractivity contribution in [1.82, 2.24) is 5.32 Å². The van der Waals surface area contributed by atoms with E-state index in [9.17, 15) is 24.8 Å². The van der Waals surface area contributed by atoms with E-state index in [0.29, 0.717) is 0 Å². The molecule has 162 valence electrons. The van der Waals surface area contributed by atoms with Crippen molar-refractivity contribution in [3.8, 4) is 0 Å². The molecule has 4 bridgehead atoms. The lowest BCUT2D eigenvalue weighted by molar-refractivity contribution is -0.253. The monoisotopic (exact) mass is 419 g/mol. The highest BCUT2D eigenvalue weighted by atomic mass is 31.2. The minimum atomic E-state index is -3.50. The molecule has 0 amide bonds. The topological polar surface area (TPSA) is 139 Å². The Morgan fingerprint density at radius 1 is 1.00 bits per heavy atom. The Labute approximate surface area is 165 Å². The molecule has 1 saturated heterocycles. The summed E-state index contributed by atoms with van der Waals surface area (Å²) in [5.74, 6) is 2.40. The molecule has 9 heteroatoms. The van der Waals surface area contributed by atoms with Crippen molar-refractivity contribution in [3.05, 3.63) is 0 Å². The van der Waals surface area contributed by atoms with Gasteiger partial charge in [0.05, 0.1) is 18.9 Å². The van der Waals surface area contributed by atoms with E-state index < -0.39 is 44.6 Å². The summed E-state index contributed by atoms with van der Waals surface area (Å²) < 4.78 is 17.8. The highest BCUT2D eigenvalue weighted by Gasteiger charge is 2.51. The summed E-state index contributed by atoms with van der Waals surface area (Å²) >= 11 is 0. The Bertz CT molecular complexity index is 582. The number of hydrogen-bond donors (Lipinski definition) is 6. The molecule has 2 unspecified atom stereocenters. The Morgan fingerprint density at radius 2 is 1.57 bits per heavy atom. The van der Waals surface area contributed by atoms with Crippen molar-refractivity contribution in [3.63, 3.8) is 0 Å². The van der Waals surface area contributed by atoms with Gasteiger partial charge in [0.15, 0.2) is 6.29 Å². The average Bonchev–Trinajstić information content (AvgIpc) is 2.62. The van der Waals surface area contributed by atoms with Crippen LogP contribution in [0.5, 0.6) is 0 Å². The van der Waals surface area contributed by atoms with E-state index in [1.807, 2.05) is 0 Å². The molecule has 0 radical (unpaired) electrons. The highest BCUT2D eigenvalue weighted by Crippen LogP contribution is 2.62. The molecule has 8 nitrogen and oxygen atoms in total. The van der Waals surface area contributed by atoms with Crippen molar-refractivity contribution in [2.45, 2.75) is 75.6 Å². The fraction of sp³-hybridized carbons (Fsp3) is 1.00. The minimum Gasteiger partial charge on any atom is -0.394 e. The third kappa shape index (κ3) is 4.21. The first-order valence-electron chi connectivity index (χ1n) is 10.5. The lowest BCUT2D eigenvalue weighted by atomic mass is 9.49. The first-order chi connectivity index (χ1) is 13.2. The molecule has 6 atom stereocenters. The fourth-order valence-corrected chi connectivity index (χ4v) is 8.13. The van der Waals surface area contributed by atoms with Gasteiger partial charge in [0.25, 0.3) is 0 Å². The van der Waals surface area contributed by atoms with Crippen LogP contribution in [0.3, 0.4) is 0 Å². The van der Waals surface area contributed by atoms with E-state index in [-0.39, 0.29) is 17.9 Å². The van der Waals surface area contributed by atoms with Crippen LogP contribution >= 0.6 is 7.37 Å². The quantitative estimate of drug-likeness (QED) is 0.322. The summed E-state index contributed by atoms with van der Waals surface area (Å²) in [5, 5.41) is 41.9. The molecule has 0 spiro atoms. The van der Waals surface area contributed by atoms with Crippen molar-refractivity contribution in [1.29, 1.82) is 0 Å². The predicted molar refractivity (Wildman–Crippen MR) is 102 cm³/mol. The Balaban J connectivity index is 1.31. The third-order valence-corrected chi connectivity index (χ3v) is 9.23. The largest absolute Gasteiger partial charge is 0.394 e. The zero-order chi connectivity index (χ0) is 20.1. The summed E-state index contributed by atoms with van der Waals surface area (Å²) in [6.45, 7) is -0.536. The molecule has 0 aromatic heterocycles. The van der Waals surface area contributed by atoms with E-state index in [1.54, 1.807) is 0 Å². The molecule has 4 aliphatic carbocycles. The zero-order valence-corrected chi connectivity index (χ0v) is 17.1. The van der Waals surface area contributed by atoms with Crippen molar-refractivity contribution < 1.29 is 34.6 Å². The lowest BCUT2D eigenvalue weighted by Crippen LogP contribution is -2.63. The summed E-state index contributed by atoms with van der Waals surface area (Å²) in [6, 6.07) is -1.09. The van der Waals surface area contributed by atoms with Gasteiger partial charge in [0.1, 0.15) is 18.3 Å². The molecule has 6 N–H and O–H groups in total. The zero-order valence-electron chi connectivity index (χ0n) is 16.2. The summed E-state index contributed by atoms with van der Waals surface area (Å²) in [4.78, 5) is 10.5. The van der Waals surface area contributed by atoms with Crippen LogP contribution in [0.1, 0.15) is 44.9 Å². The first kappa shape index (κ1) is 21.2. The number of ether oxygens (including phenoxy) is 1. The van der Waals surface area contributed by atoms with Crippen molar-refractivity contribution in [2.24, 2.45) is 23.2 Å². The SMILES string of the molecule is O=P(O)(CCC12CC3CC(CC(C3)C1)C2)CN[C@H]1C(O)O[C@H](CO)[C@H](O)[C@@H]1O. The van der Waals surface area contributed by atoms with Gasteiger partial charge in [-0.05, 0) is 68.1 Å². The second-order valence-electron chi connectivity index (χ2n) is 9.85. The molecule has 0 aromatic carbocycles. The summed E-state index contributed by atoms with van der Waals surface area (Å²) in [5.41, 5.74) is 0.227. The van der Waals surface area contributed by atoms with Gasteiger partial charge >= 0.3 is 0 Å². The number of nitrogens with one attached hydrogen (secondary N) is 1. The average molecular weight is 419 g/mol. The number of aliphatic hydroxyl groups is 4. The molecule has 5 aliphatic rings. The normalized spacial score (nSPS) is 49.9. The molecule has 5 rings (SSSR count). The van der Waals surface area contributed by atoms with Gasteiger partial charge < -0.3 is 30.1 Å². The van der Waals surface area contributed by atoms with Crippen molar-refractivity contribution >= 4 is 7.37 Å². The lowest BCUT2D eigenvalue weighted by Gasteiger charge is -2.57. The van der Waals surface area contributed by atoms with Crippen LogP contribution in [0.25, 0.3) is 0 Å². The number of rotatable bonds is 7. The second-order valence-corrected chi connectivity index (χ2v) is 12.3. The third-order valence-electron chi connectivity index (χ3n) is 7.63.